The summed E-state index contributed by atoms with van der Waals surface area (Å²) in [4.78, 5) is 29.3. The molecule has 3 heterocycles. The van der Waals surface area contributed by atoms with Crippen molar-refractivity contribution in [2.45, 2.75) is 102 Å². The number of ether oxygens (including phenoxy) is 4. The van der Waals surface area contributed by atoms with Crippen LogP contribution in [0.2, 0.25) is 0 Å². The Bertz CT molecular complexity index is 1280. The lowest BCUT2D eigenvalue weighted by Crippen LogP contribution is -2.49. The summed E-state index contributed by atoms with van der Waals surface area (Å²) in [6.07, 6.45) is 16.3. The van der Waals surface area contributed by atoms with Crippen LogP contribution in [0.5, 0.6) is 5.75 Å². The molecule has 4 fully saturated rings. The van der Waals surface area contributed by atoms with E-state index in [4.69, 9.17) is 18.9 Å². The van der Waals surface area contributed by atoms with Crippen LogP contribution in [0, 0.1) is 5.92 Å². The Balaban J connectivity index is 0.961. The third kappa shape index (κ3) is 9.85. The van der Waals surface area contributed by atoms with Gasteiger partial charge in [0.1, 0.15) is 11.9 Å². The lowest BCUT2D eigenvalue weighted by molar-refractivity contribution is -0.117. The van der Waals surface area contributed by atoms with E-state index in [1.165, 1.54) is 11.6 Å². The number of allylic oxidation sites excluding steroid dienone is 3. The summed E-state index contributed by atoms with van der Waals surface area (Å²) in [5.74, 6) is 1.32. The number of hydrogen-bond donors (Lipinski definition) is 1. The van der Waals surface area contributed by atoms with Crippen LogP contribution in [0.1, 0.15) is 72.6 Å². The zero-order valence-electron chi connectivity index (χ0n) is 28.3. The average molecular weight is 636 g/mol. The van der Waals surface area contributed by atoms with E-state index in [1.807, 2.05) is 24.3 Å². The number of methoxy groups -OCH3 is 1. The maximum atomic E-state index is 12.7. The van der Waals surface area contributed by atoms with Crippen molar-refractivity contribution in [3.63, 3.8) is 0 Å². The summed E-state index contributed by atoms with van der Waals surface area (Å²) in [5.41, 5.74) is 2.24. The highest BCUT2D eigenvalue weighted by Gasteiger charge is 2.53. The number of anilines is 1. The summed E-state index contributed by atoms with van der Waals surface area (Å²) in [6, 6.07) is 8.12. The number of hydrogen-bond acceptors (Lipinski definition) is 7. The molecule has 2 amide bonds. The molecule has 5 rings (SSSR count). The van der Waals surface area contributed by atoms with Crippen LogP contribution in [-0.4, -0.2) is 86.2 Å². The van der Waals surface area contributed by atoms with Gasteiger partial charge in [-0.1, -0.05) is 29.9 Å². The van der Waals surface area contributed by atoms with Gasteiger partial charge in [0.05, 0.1) is 31.0 Å². The minimum absolute atomic E-state index is 0.0409. The smallest absolute Gasteiger partial charge is 0.410 e. The highest BCUT2D eigenvalue weighted by Crippen LogP contribution is 2.46. The number of rotatable bonds is 10. The molecule has 1 aliphatic carbocycles. The molecule has 0 aromatic heterocycles. The summed E-state index contributed by atoms with van der Waals surface area (Å²) in [5, 5.41) is 3.14. The van der Waals surface area contributed by atoms with E-state index in [0.717, 1.165) is 76.1 Å². The largest absolute Gasteiger partial charge is 0.497 e. The summed E-state index contributed by atoms with van der Waals surface area (Å²) in [6.45, 7) is 11.7. The Kier molecular flexibility index (Phi) is 11.2. The van der Waals surface area contributed by atoms with Crippen molar-refractivity contribution in [3.05, 3.63) is 60.2 Å². The second kappa shape index (κ2) is 15.1. The Labute approximate surface area is 274 Å². The van der Waals surface area contributed by atoms with Gasteiger partial charge in [0, 0.05) is 62.9 Å². The van der Waals surface area contributed by atoms with Gasteiger partial charge in [-0.15, -0.1) is 0 Å². The van der Waals surface area contributed by atoms with E-state index in [-0.39, 0.29) is 35.3 Å². The van der Waals surface area contributed by atoms with E-state index < -0.39 is 6.10 Å². The number of amides is 2. The van der Waals surface area contributed by atoms with Gasteiger partial charge >= 0.3 is 6.09 Å². The summed E-state index contributed by atoms with van der Waals surface area (Å²) < 4.78 is 23.0. The van der Waals surface area contributed by atoms with Crippen LogP contribution in [0.15, 0.2) is 60.2 Å². The molecule has 9 nitrogen and oxygen atoms in total. The molecule has 252 valence electrons. The molecule has 3 atom stereocenters. The van der Waals surface area contributed by atoms with Gasteiger partial charge in [-0.05, 0) is 83.9 Å². The van der Waals surface area contributed by atoms with Crippen molar-refractivity contribution in [1.29, 1.82) is 0 Å². The standard InChI is InChI=1S/C37H53N3O6/c1-27(10-17-33-24-37(26-44-37)25-36(3,4)46-33)9-12-29-13-15-30(16-14-29)38-34(41)18-11-28(2)45-35(42)40-21-19-39(20-22-40)31-7-6-8-32(23-31)43-5/h6-11,17-18,23,28-30,33H,12-16,19-22,24-26H2,1-5H3,(H,38,41)/b17-10+,18-11-,27-9+/t28-,29-,30-,33+,37+/m0/s1. The molecule has 0 radical (unpaired) electrons. The third-order valence-electron chi connectivity index (χ3n) is 9.65. The number of piperazine rings is 1. The summed E-state index contributed by atoms with van der Waals surface area (Å²) in [7, 11) is 1.66. The Morgan fingerprint density at radius 1 is 1.11 bits per heavy atom. The van der Waals surface area contributed by atoms with Crippen LogP contribution in [-0.2, 0) is 19.0 Å². The highest BCUT2D eigenvalue weighted by molar-refractivity contribution is 5.87. The number of epoxide rings is 1. The quantitative estimate of drug-likeness (QED) is 0.186. The Morgan fingerprint density at radius 3 is 2.54 bits per heavy atom. The number of nitrogens with zero attached hydrogens (tertiary/aromatic N) is 2. The molecule has 1 aromatic carbocycles. The predicted octanol–water partition coefficient (Wildman–Crippen LogP) is 6.19. The van der Waals surface area contributed by atoms with Gasteiger partial charge in [-0.2, -0.15) is 0 Å². The third-order valence-corrected chi connectivity index (χ3v) is 9.65. The molecule has 1 N–H and O–H groups in total. The monoisotopic (exact) mass is 635 g/mol. The maximum Gasteiger partial charge on any atom is 0.410 e. The fourth-order valence-corrected chi connectivity index (χ4v) is 7.06. The van der Waals surface area contributed by atoms with Gasteiger partial charge in [-0.25, -0.2) is 4.79 Å². The van der Waals surface area contributed by atoms with E-state index >= 15 is 0 Å². The molecule has 1 spiro atoms. The zero-order chi connectivity index (χ0) is 32.7. The molecule has 0 unspecified atom stereocenters. The van der Waals surface area contributed by atoms with Gasteiger partial charge in [0.15, 0.2) is 0 Å². The fraction of sp³-hybridized carbons (Fsp3) is 0.622. The van der Waals surface area contributed by atoms with Gasteiger partial charge in [-0.3, -0.25) is 4.79 Å². The molecule has 3 aliphatic heterocycles. The first-order valence-corrected chi connectivity index (χ1v) is 17.0. The average Bonchev–Trinajstić information content (AvgIpc) is 3.78. The lowest BCUT2D eigenvalue weighted by Gasteiger charge is -2.38. The normalized spacial score (nSPS) is 28.8. The topological polar surface area (TPSA) is 92.9 Å². The molecule has 4 aliphatic rings. The van der Waals surface area contributed by atoms with Crippen LogP contribution >= 0.6 is 0 Å². The van der Waals surface area contributed by atoms with Gasteiger partial charge in [0.2, 0.25) is 5.91 Å². The van der Waals surface area contributed by atoms with Crippen molar-refractivity contribution in [2.75, 3.05) is 44.8 Å². The van der Waals surface area contributed by atoms with Gasteiger partial charge in [0.25, 0.3) is 0 Å². The molecule has 9 heteroatoms. The van der Waals surface area contributed by atoms with Crippen molar-refractivity contribution >= 4 is 17.7 Å². The first-order valence-electron chi connectivity index (χ1n) is 17.0. The number of nitrogens with one attached hydrogen (secondary N) is 1. The maximum absolute atomic E-state index is 12.7. The molecular formula is C37H53N3O6. The number of benzene rings is 1. The highest BCUT2D eigenvalue weighted by atomic mass is 16.6. The van der Waals surface area contributed by atoms with E-state index in [9.17, 15) is 9.59 Å². The Hall–Kier alpha value is -3.30. The van der Waals surface area contributed by atoms with Crippen LogP contribution in [0.25, 0.3) is 0 Å². The van der Waals surface area contributed by atoms with Gasteiger partial charge < -0.3 is 34.1 Å². The molecule has 0 bridgehead atoms. The van der Waals surface area contributed by atoms with Crippen molar-refractivity contribution in [3.8, 4) is 5.75 Å². The molecule has 3 saturated heterocycles. The minimum Gasteiger partial charge on any atom is -0.497 e. The first-order chi connectivity index (χ1) is 22.0. The van der Waals surface area contributed by atoms with E-state index in [1.54, 1.807) is 25.0 Å². The second-order valence-corrected chi connectivity index (χ2v) is 14.2. The number of carbonyl (C=O) groups excluding carboxylic acids is 2. The van der Waals surface area contributed by atoms with Crippen LogP contribution in [0.3, 0.4) is 0 Å². The fourth-order valence-electron chi connectivity index (χ4n) is 7.06. The van der Waals surface area contributed by atoms with E-state index in [0.29, 0.717) is 19.0 Å². The molecule has 46 heavy (non-hydrogen) atoms. The second-order valence-electron chi connectivity index (χ2n) is 14.2. The molecule has 1 aromatic rings. The van der Waals surface area contributed by atoms with Crippen LogP contribution < -0.4 is 15.0 Å². The first kappa shape index (κ1) is 34.0. The predicted molar refractivity (Wildman–Crippen MR) is 180 cm³/mol. The molecular weight excluding hydrogens is 582 g/mol. The lowest BCUT2D eigenvalue weighted by atomic mass is 9.83. The van der Waals surface area contributed by atoms with Crippen molar-refractivity contribution < 1.29 is 28.5 Å². The Morgan fingerprint density at radius 2 is 1.85 bits per heavy atom. The minimum atomic E-state index is -0.492. The van der Waals surface area contributed by atoms with Crippen molar-refractivity contribution in [2.24, 2.45) is 5.92 Å². The zero-order valence-corrected chi connectivity index (χ0v) is 28.3. The van der Waals surface area contributed by atoms with Crippen molar-refractivity contribution in [1.82, 2.24) is 10.2 Å². The van der Waals surface area contributed by atoms with Crippen LogP contribution in [0.4, 0.5) is 10.5 Å². The van der Waals surface area contributed by atoms with E-state index in [2.05, 4.69) is 49.2 Å². The summed E-state index contributed by atoms with van der Waals surface area (Å²) >= 11 is 0. The number of carbonyl (C=O) groups is 2. The SMILES string of the molecule is COc1cccc(N2CCN(C(=O)O[C@@H](C)/C=C\C(=O)N[C@H]3CC[C@H](C/C=C(C)/C=C/[C@@H]4C[C@]5(CO5)CC(C)(C)O4)CC3)CC2)c1. The molecule has 1 saturated carbocycles.